The number of nitrogens with zero attached hydrogens (tertiary/aromatic N) is 1. The number of nitrogens with two attached hydrogens (primary N) is 1. The second-order valence-electron chi connectivity index (χ2n) is 4.25. The van der Waals surface area contributed by atoms with Gasteiger partial charge in [-0.3, -0.25) is 0 Å². The Balaban J connectivity index is 2.75. The van der Waals surface area contributed by atoms with Crippen LogP contribution in [0.4, 0.5) is 0 Å². The highest BCUT2D eigenvalue weighted by atomic mass is 15.1. The number of hydrogen-bond donors (Lipinski definition) is 1. The first-order valence-corrected chi connectivity index (χ1v) is 5.58. The third-order valence-corrected chi connectivity index (χ3v) is 3.18. The van der Waals surface area contributed by atoms with E-state index in [0.717, 1.165) is 6.54 Å². The molecule has 0 spiro atoms. The van der Waals surface area contributed by atoms with Crippen molar-refractivity contribution in [3.05, 3.63) is 35.4 Å². The van der Waals surface area contributed by atoms with E-state index in [1.54, 1.807) is 0 Å². The van der Waals surface area contributed by atoms with Crippen LogP contribution >= 0.6 is 0 Å². The van der Waals surface area contributed by atoms with E-state index >= 15 is 0 Å². The highest BCUT2D eigenvalue weighted by molar-refractivity contribution is 5.24. The molecule has 15 heavy (non-hydrogen) atoms. The van der Waals surface area contributed by atoms with Crippen molar-refractivity contribution in [3.8, 4) is 0 Å². The van der Waals surface area contributed by atoms with Crippen LogP contribution in [-0.4, -0.2) is 24.5 Å². The van der Waals surface area contributed by atoms with E-state index in [4.69, 9.17) is 5.73 Å². The molecule has 0 aliphatic carbocycles. The topological polar surface area (TPSA) is 29.3 Å². The molecule has 0 amide bonds. The fourth-order valence-corrected chi connectivity index (χ4v) is 1.63. The minimum absolute atomic E-state index is 0.0931. The Morgan fingerprint density at radius 3 is 2.27 bits per heavy atom. The van der Waals surface area contributed by atoms with Crippen molar-refractivity contribution in [1.82, 2.24) is 4.90 Å². The third-order valence-electron chi connectivity index (χ3n) is 3.18. The van der Waals surface area contributed by atoms with E-state index in [9.17, 15) is 0 Å². The number of likely N-dealkylation sites (N-methyl/N-ethyl adjacent to an activating group) is 1. The Morgan fingerprint density at radius 2 is 1.80 bits per heavy atom. The Hall–Kier alpha value is -0.860. The zero-order valence-electron chi connectivity index (χ0n) is 10.2. The SMILES string of the molecule is CCN(C)C(C)C(N)c1ccc(C)cc1. The smallest absolute Gasteiger partial charge is 0.0450 e. The summed E-state index contributed by atoms with van der Waals surface area (Å²) in [5, 5.41) is 0. The van der Waals surface area contributed by atoms with Gasteiger partial charge < -0.3 is 10.6 Å². The van der Waals surface area contributed by atoms with E-state index in [1.165, 1.54) is 11.1 Å². The van der Waals surface area contributed by atoms with Crippen molar-refractivity contribution >= 4 is 0 Å². The minimum Gasteiger partial charge on any atom is -0.323 e. The lowest BCUT2D eigenvalue weighted by atomic mass is 9.99. The van der Waals surface area contributed by atoms with Gasteiger partial charge in [-0.1, -0.05) is 36.8 Å². The molecule has 1 aromatic carbocycles. The molecule has 2 N–H and O–H groups in total. The van der Waals surface area contributed by atoms with E-state index < -0.39 is 0 Å². The summed E-state index contributed by atoms with van der Waals surface area (Å²) in [6, 6.07) is 8.95. The van der Waals surface area contributed by atoms with Crippen LogP contribution in [0, 0.1) is 6.92 Å². The highest BCUT2D eigenvalue weighted by Crippen LogP contribution is 2.17. The van der Waals surface area contributed by atoms with Crippen molar-refractivity contribution in [2.45, 2.75) is 32.9 Å². The van der Waals surface area contributed by atoms with Gasteiger partial charge >= 0.3 is 0 Å². The molecule has 0 saturated carbocycles. The molecule has 0 fully saturated rings. The Labute approximate surface area is 93.1 Å². The van der Waals surface area contributed by atoms with E-state index in [2.05, 4.69) is 57.0 Å². The summed E-state index contributed by atoms with van der Waals surface area (Å²) in [7, 11) is 2.11. The Kier molecular flexibility index (Phi) is 4.30. The molecule has 0 saturated heterocycles. The first-order chi connectivity index (χ1) is 7.06. The number of hydrogen-bond acceptors (Lipinski definition) is 2. The van der Waals surface area contributed by atoms with Crippen LogP contribution in [0.25, 0.3) is 0 Å². The number of aryl methyl sites for hydroxylation is 1. The summed E-state index contributed by atoms with van der Waals surface area (Å²) >= 11 is 0. The zero-order chi connectivity index (χ0) is 11.4. The maximum Gasteiger partial charge on any atom is 0.0450 e. The van der Waals surface area contributed by atoms with Gasteiger partial charge in [-0.25, -0.2) is 0 Å². The molecule has 1 rings (SSSR count). The Bertz CT molecular complexity index is 292. The van der Waals surface area contributed by atoms with Gasteiger partial charge in [0.2, 0.25) is 0 Å². The summed E-state index contributed by atoms with van der Waals surface area (Å²) in [6.45, 7) is 7.45. The second kappa shape index (κ2) is 5.29. The van der Waals surface area contributed by atoms with Crippen molar-refractivity contribution in [2.24, 2.45) is 5.73 Å². The van der Waals surface area contributed by atoms with Crippen LogP contribution in [0.15, 0.2) is 24.3 Å². The van der Waals surface area contributed by atoms with E-state index in [1.807, 2.05) is 0 Å². The van der Waals surface area contributed by atoms with E-state index in [-0.39, 0.29) is 6.04 Å². The standard InChI is InChI=1S/C13H22N2/c1-5-15(4)11(3)13(14)12-8-6-10(2)7-9-12/h6-9,11,13H,5,14H2,1-4H3. The summed E-state index contributed by atoms with van der Waals surface area (Å²) in [5.74, 6) is 0. The first kappa shape index (κ1) is 12.2. The summed E-state index contributed by atoms with van der Waals surface area (Å²) < 4.78 is 0. The van der Waals surface area contributed by atoms with Crippen LogP contribution in [0.1, 0.15) is 31.0 Å². The molecule has 0 aliphatic heterocycles. The highest BCUT2D eigenvalue weighted by Gasteiger charge is 2.17. The van der Waals surface area contributed by atoms with Crippen LogP contribution < -0.4 is 5.73 Å². The minimum atomic E-state index is 0.0931. The first-order valence-electron chi connectivity index (χ1n) is 5.58. The molecule has 0 bridgehead atoms. The molecule has 0 heterocycles. The molecule has 2 unspecified atom stereocenters. The van der Waals surface area contributed by atoms with Gasteiger partial charge in [0.25, 0.3) is 0 Å². The second-order valence-corrected chi connectivity index (χ2v) is 4.25. The quantitative estimate of drug-likeness (QED) is 0.819. The van der Waals surface area contributed by atoms with Gasteiger partial charge in [0, 0.05) is 12.1 Å². The fraction of sp³-hybridized carbons (Fsp3) is 0.538. The molecule has 1 aromatic rings. The van der Waals surface area contributed by atoms with Gasteiger partial charge in [-0.05, 0) is 33.0 Å². The van der Waals surface area contributed by atoms with Gasteiger partial charge in [-0.2, -0.15) is 0 Å². The average Bonchev–Trinajstić information content (AvgIpc) is 2.27. The van der Waals surface area contributed by atoms with Gasteiger partial charge in [-0.15, -0.1) is 0 Å². The van der Waals surface area contributed by atoms with Crippen LogP contribution in [-0.2, 0) is 0 Å². The van der Waals surface area contributed by atoms with Crippen molar-refractivity contribution in [1.29, 1.82) is 0 Å². The largest absolute Gasteiger partial charge is 0.323 e. The molecule has 2 nitrogen and oxygen atoms in total. The van der Waals surface area contributed by atoms with Crippen molar-refractivity contribution in [2.75, 3.05) is 13.6 Å². The average molecular weight is 206 g/mol. The van der Waals surface area contributed by atoms with Crippen LogP contribution in [0.2, 0.25) is 0 Å². The summed E-state index contributed by atoms with van der Waals surface area (Å²) in [6.07, 6.45) is 0. The molecule has 0 radical (unpaired) electrons. The lowest BCUT2D eigenvalue weighted by Crippen LogP contribution is -2.38. The maximum atomic E-state index is 6.22. The van der Waals surface area contributed by atoms with Crippen molar-refractivity contribution < 1.29 is 0 Å². The molecule has 2 heteroatoms. The van der Waals surface area contributed by atoms with Gasteiger partial charge in [0.05, 0.1) is 0 Å². The molecular formula is C13H22N2. The predicted molar refractivity (Wildman–Crippen MR) is 65.9 cm³/mol. The van der Waals surface area contributed by atoms with Crippen LogP contribution in [0.3, 0.4) is 0 Å². The molecular weight excluding hydrogens is 184 g/mol. The maximum absolute atomic E-state index is 6.22. The van der Waals surface area contributed by atoms with E-state index in [0.29, 0.717) is 6.04 Å². The third kappa shape index (κ3) is 3.05. The lowest BCUT2D eigenvalue weighted by molar-refractivity contribution is 0.238. The summed E-state index contributed by atoms with van der Waals surface area (Å²) in [5.41, 5.74) is 8.72. The normalized spacial score (nSPS) is 15.3. The molecule has 0 aromatic heterocycles. The fourth-order valence-electron chi connectivity index (χ4n) is 1.63. The zero-order valence-corrected chi connectivity index (χ0v) is 10.2. The van der Waals surface area contributed by atoms with Crippen molar-refractivity contribution in [3.63, 3.8) is 0 Å². The lowest BCUT2D eigenvalue weighted by Gasteiger charge is -2.28. The van der Waals surface area contributed by atoms with Crippen LogP contribution in [0.5, 0.6) is 0 Å². The van der Waals surface area contributed by atoms with Gasteiger partial charge in [0.1, 0.15) is 0 Å². The number of rotatable bonds is 4. The molecule has 0 aliphatic rings. The predicted octanol–water partition coefficient (Wildman–Crippen LogP) is 2.34. The number of benzene rings is 1. The van der Waals surface area contributed by atoms with Gasteiger partial charge in [0.15, 0.2) is 0 Å². The monoisotopic (exact) mass is 206 g/mol. The molecule has 84 valence electrons. The Morgan fingerprint density at radius 1 is 1.27 bits per heavy atom. The molecule has 2 atom stereocenters. The summed E-state index contributed by atoms with van der Waals surface area (Å²) in [4.78, 5) is 2.27.